The maximum atomic E-state index is 12.9. The summed E-state index contributed by atoms with van der Waals surface area (Å²) in [6.07, 6.45) is 0.176. The fourth-order valence-corrected chi connectivity index (χ4v) is 2.67. The molecular weight excluding hydrogens is 339 g/mol. The fourth-order valence-electron chi connectivity index (χ4n) is 2.00. The topological polar surface area (TPSA) is 35.5 Å². The zero-order valence-corrected chi connectivity index (χ0v) is 13.2. The van der Waals surface area contributed by atoms with Gasteiger partial charge in [0.05, 0.1) is 19.8 Å². The third-order valence-electron chi connectivity index (χ3n) is 3.06. The van der Waals surface area contributed by atoms with Gasteiger partial charge in [-0.25, -0.2) is 4.39 Å². The number of hydrogen-bond donors (Lipinski definition) is 0. The molecule has 21 heavy (non-hydrogen) atoms. The minimum Gasteiger partial charge on any atom is -0.495 e. The van der Waals surface area contributed by atoms with E-state index < -0.39 is 0 Å². The Balaban J connectivity index is 2.30. The highest BCUT2D eigenvalue weighted by molar-refractivity contribution is 9.10. The van der Waals surface area contributed by atoms with Crippen molar-refractivity contribution in [2.75, 3.05) is 14.2 Å². The summed E-state index contributed by atoms with van der Waals surface area (Å²) >= 11 is 3.36. The molecule has 0 heterocycles. The molecule has 0 unspecified atom stereocenters. The van der Waals surface area contributed by atoms with Gasteiger partial charge in [0.25, 0.3) is 0 Å². The van der Waals surface area contributed by atoms with Crippen LogP contribution in [0.1, 0.15) is 15.9 Å². The normalized spacial score (nSPS) is 10.3. The second kappa shape index (κ2) is 6.72. The molecular formula is C16H14BrFO3. The number of ether oxygens (including phenoxy) is 2. The second-order valence-corrected chi connectivity index (χ2v) is 5.18. The van der Waals surface area contributed by atoms with E-state index in [1.165, 1.54) is 19.2 Å². The van der Waals surface area contributed by atoms with Gasteiger partial charge in [-0.3, -0.25) is 4.79 Å². The zero-order valence-electron chi connectivity index (χ0n) is 11.7. The van der Waals surface area contributed by atoms with Crippen LogP contribution in [-0.2, 0) is 6.42 Å². The van der Waals surface area contributed by atoms with E-state index in [2.05, 4.69) is 15.9 Å². The first kappa shape index (κ1) is 15.5. The maximum absolute atomic E-state index is 12.9. The highest BCUT2D eigenvalue weighted by atomic mass is 79.9. The molecule has 0 amide bonds. The minimum absolute atomic E-state index is 0.109. The average Bonchev–Trinajstić information content (AvgIpc) is 2.49. The highest BCUT2D eigenvalue weighted by Gasteiger charge is 2.18. The van der Waals surface area contributed by atoms with Gasteiger partial charge >= 0.3 is 0 Å². The Morgan fingerprint density at radius 1 is 1.10 bits per heavy atom. The van der Waals surface area contributed by atoms with Crippen LogP contribution < -0.4 is 9.47 Å². The first-order chi connectivity index (χ1) is 10.1. The molecule has 0 aliphatic rings. The van der Waals surface area contributed by atoms with Crippen LogP contribution in [0.15, 0.2) is 40.9 Å². The Hall–Kier alpha value is -1.88. The highest BCUT2D eigenvalue weighted by Crippen LogP contribution is 2.37. The van der Waals surface area contributed by atoms with E-state index in [1.807, 2.05) is 0 Å². The number of methoxy groups -OCH3 is 2. The number of hydrogen-bond acceptors (Lipinski definition) is 3. The van der Waals surface area contributed by atoms with Gasteiger partial charge in [-0.1, -0.05) is 12.1 Å². The Labute approximate surface area is 130 Å². The molecule has 0 saturated heterocycles. The van der Waals surface area contributed by atoms with E-state index in [1.54, 1.807) is 31.4 Å². The predicted molar refractivity (Wildman–Crippen MR) is 81.7 cm³/mol. The molecule has 0 fully saturated rings. The summed E-state index contributed by atoms with van der Waals surface area (Å²) in [6.45, 7) is 0. The van der Waals surface area contributed by atoms with Gasteiger partial charge < -0.3 is 9.47 Å². The minimum atomic E-state index is -0.323. The fraction of sp³-hybridized carbons (Fsp3) is 0.188. The summed E-state index contributed by atoms with van der Waals surface area (Å²) in [5.41, 5.74) is 1.20. The van der Waals surface area contributed by atoms with Crippen LogP contribution in [0.3, 0.4) is 0 Å². The molecule has 2 aromatic carbocycles. The van der Waals surface area contributed by atoms with Crippen molar-refractivity contribution in [3.05, 3.63) is 57.8 Å². The molecule has 2 aromatic rings. The lowest BCUT2D eigenvalue weighted by Crippen LogP contribution is -2.07. The molecule has 0 radical (unpaired) electrons. The van der Waals surface area contributed by atoms with Crippen molar-refractivity contribution in [2.24, 2.45) is 0 Å². The Morgan fingerprint density at radius 2 is 1.76 bits per heavy atom. The monoisotopic (exact) mass is 352 g/mol. The number of ketones is 1. The predicted octanol–water partition coefficient (Wildman–Crippen LogP) is 4.03. The lowest BCUT2D eigenvalue weighted by atomic mass is 10.0. The van der Waals surface area contributed by atoms with Crippen LogP contribution in [0, 0.1) is 5.82 Å². The Kier molecular flexibility index (Phi) is 4.96. The molecule has 0 aliphatic heterocycles. The van der Waals surface area contributed by atoms with Crippen molar-refractivity contribution in [2.45, 2.75) is 6.42 Å². The largest absolute Gasteiger partial charge is 0.495 e. The van der Waals surface area contributed by atoms with E-state index >= 15 is 0 Å². The zero-order chi connectivity index (χ0) is 15.4. The van der Waals surface area contributed by atoms with Crippen LogP contribution in [0.25, 0.3) is 0 Å². The van der Waals surface area contributed by atoms with Crippen LogP contribution in [0.4, 0.5) is 4.39 Å². The van der Waals surface area contributed by atoms with Crippen molar-refractivity contribution in [3.8, 4) is 11.5 Å². The summed E-state index contributed by atoms with van der Waals surface area (Å²) in [5.74, 6) is 0.587. The van der Waals surface area contributed by atoms with Gasteiger partial charge in [0.15, 0.2) is 5.78 Å². The number of Topliss-reactive ketones (excluding diaryl/α,β-unsaturated/α-hetero) is 1. The van der Waals surface area contributed by atoms with Crippen molar-refractivity contribution in [1.82, 2.24) is 0 Å². The van der Waals surface area contributed by atoms with Gasteiger partial charge in [-0.2, -0.15) is 0 Å². The lowest BCUT2D eigenvalue weighted by Gasteiger charge is -2.12. The summed E-state index contributed by atoms with van der Waals surface area (Å²) in [7, 11) is 3.04. The van der Waals surface area contributed by atoms with Crippen molar-refractivity contribution < 1.29 is 18.7 Å². The number of carbonyl (C=O) groups excluding carboxylic acids is 1. The summed E-state index contributed by atoms with van der Waals surface area (Å²) in [6, 6.07) is 9.23. The third kappa shape index (κ3) is 3.42. The molecule has 0 aliphatic carbocycles. The second-order valence-electron chi connectivity index (χ2n) is 4.39. The molecule has 0 spiro atoms. The molecule has 3 nitrogen and oxygen atoms in total. The van der Waals surface area contributed by atoms with E-state index in [0.29, 0.717) is 21.5 Å². The molecule has 0 saturated carbocycles. The SMILES string of the molecule is COc1ccc(C(=O)Cc2ccc(F)cc2)c(OC)c1Br. The number of carbonyl (C=O) groups is 1. The third-order valence-corrected chi connectivity index (χ3v) is 3.81. The van der Waals surface area contributed by atoms with E-state index in [9.17, 15) is 9.18 Å². The number of rotatable bonds is 5. The van der Waals surface area contributed by atoms with Crippen molar-refractivity contribution >= 4 is 21.7 Å². The van der Waals surface area contributed by atoms with E-state index in [-0.39, 0.29) is 18.0 Å². The molecule has 0 atom stereocenters. The molecule has 110 valence electrons. The number of benzene rings is 2. The summed E-state index contributed by atoms with van der Waals surface area (Å²) < 4.78 is 23.9. The summed E-state index contributed by atoms with van der Waals surface area (Å²) in [5, 5.41) is 0. The molecule has 0 N–H and O–H groups in total. The Morgan fingerprint density at radius 3 is 2.33 bits per heavy atom. The van der Waals surface area contributed by atoms with Gasteiger partial charge in [0, 0.05) is 6.42 Å². The molecule has 2 rings (SSSR count). The maximum Gasteiger partial charge on any atom is 0.171 e. The van der Waals surface area contributed by atoms with Gasteiger partial charge in [-0.05, 0) is 45.8 Å². The van der Waals surface area contributed by atoms with E-state index in [0.717, 1.165) is 5.56 Å². The summed E-state index contributed by atoms with van der Waals surface area (Å²) in [4.78, 5) is 12.4. The van der Waals surface area contributed by atoms with Crippen LogP contribution in [0.2, 0.25) is 0 Å². The molecule has 0 aromatic heterocycles. The Bertz CT molecular complexity index is 653. The van der Waals surface area contributed by atoms with Crippen LogP contribution >= 0.6 is 15.9 Å². The van der Waals surface area contributed by atoms with Crippen LogP contribution in [-0.4, -0.2) is 20.0 Å². The smallest absolute Gasteiger partial charge is 0.171 e. The van der Waals surface area contributed by atoms with Gasteiger partial charge in [0.2, 0.25) is 0 Å². The van der Waals surface area contributed by atoms with Crippen molar-refractivity contribution in [1.29, 1.82) is 0 Å². The first-order valence-corrected chi connectivity index (χ1v) is 7.04. The van der Waals surface area contributed by atoms with Gasteiger partial charge in [0.1, 0.15) is 21.8 Å². The molecule has 0 bridgehead atoms. The van der Waals surface area contributed by atoms with Gasteiger partial charge in [-0.15, -0.1) is 0 Å². The van der Waals surface area contributed by atoms with E-state index in [4.69, 9.17) is 9.47 Å². The quantitative estimate of drug-likeness (QED) is 0.762. The lowest BCUT2D eigenvalue weighted by molar-refractivity contribution is 0.0990. The van der Waals surface area contributed by atoms with Crippen molar-refractivity contribution in [3.63, 3.8) is 0 Å². The first-order valence-electron chi connectivity index (χ1n) is 6.25. The average molecular weight is 353 g/mol. The van der Waals surface area contributed by atoms with Crippen LogP contribution in [0.5, 0.6) is 11.5 Å². The standard InChI is InChI=1S/C16H14BrFO3/c1-20-14-8-7-12(16(21-2)15(14)17)13(19)9-10-3-5-11(18)6-4-10/h3-8H,9H2,1-2H3. The number of halogens is 2. The molecule has 5 heteroatoms.